The second-order valence-electron chi connectivity index (χ2n) is 7.19. The van der Waals surface area contributed by atoms with Gasteiger partial charge in [0.25, 0.3) is 0 Å². The summed E-state index contributed by atoms with van der Waals surface area (Å²) in [6, 6.07) is 0. The Bertz CT molecular complexity index is 364. The van der Waals surface area contributed by atoms with Gasteiger partial charge in [-0.05, 0) is 27.2 Å². The number of hydroxylamine groups is 2. The van der Waals surface area contributed by atoms with Crippen LogP contribution in [0.15, 0.2) is 0 Å². The molecule has 18 heavy (non-hydrogen) atoms. The second kappa shape index (κ2) is 4.05. The third kappa shape index (κ3) is 2.02. The first kappa shape index (κ1) is 14.0. The van der Waals surface area contributed by atoms with Crippen LogP contribution in [0.2, 0.25) is 19.6 Å². The van der Waals surface area contributed by atoms with Crippen molar-refractivity contribution in [2.24, 2.45) is 0 Å². The van der Waals surface area contributed by atoms with Gasteiger partial charge in [-0.15, -0.1) is 0 Å². The molecular weight excluding hydrogens is 246 g/mol. The van der Waals surface area contributed by atoms with Gasteiger partial charge in [-0.1, -0.05) is 19.6 Å². The van der Waals surface area contributed by atoms with E-state index in [1.807, 2.05) is 25.8 Å². The summed E-state index contributed by atoms with van der Waals surface area (Å²) in [7, 11) is -1.34. The van der Waals surface area contributed by atoms with E-state index in [2.05, 4.69) is 19.6 Å². The Morgan fingerprint density at radius 2 is 2.06 bits per heavy atom. The molecule has 2 fully saturated rings. The van der Waals surface area contributed by atoms with Gasteiger partial charge in [0, 0.05) is 12.1 Å². The summed E-state index contributed by atoms with van der Waals surface area (Å²) in [6.45, 7) is 13.4. The van der Waals surface area contributed by atoms with Crippen LogP contribution >= 0.6 is 0 Å². The van der Waals surface area contributed by atoms with Gasteiger partial charge in [-0.2, -0.15) is 5.06 Å². The molecule has 0 spiro atoms. The molecule has 0 N–H and O–H groups in total. The van der Waals surface area contributed by atoms with Crippen LogP contribution in [-0.4, -0.2) is 42.5 Å². The summed E-state index contributed by atoms with van der Waals surface area (Å²) in [5.41, 5.74) is -0.352. The third-order valence-electron chi connectivity index (χ3n) is 3.95. The van der Waals surface area contributed by atoms with Crippen LogP contribution in [0.4, 0.5) is 0 Å². The number of fused-ring (bicyclic) bond motifs is 1. The zero-order chi connectivity index (χ0) is 13.8. The van der Waals surface area contributed by atoms with Crippen LogP contribution in [0, 0.1) is 0 Å². The number of carbonyl (C=O) groups excluding carboxylic acids is 1. The minimum absolute atomic E-state index is 0.106. The highest BCUT2D eigenvalue weighted by Crippen LogP contribution is 2.53. The number of esters is 1. The van der Waals surface area contributed by atoms with Gasteiger partial charge in [-0.3, -0.25) is 4.84 Å². The van der Waals surface area contributed by atoms with Crippen molar-refractivity contribution in [2.75, 3.05) is 6.61 Å². The van der Waals surface area contributed by atoms with Crippen molar-refractivity contribution >= 4 is 14.0 Å². The zero-order valence-corrected chi connectivity index (χ0v) is 13.4. The summed E-state index contributed by atoms with van der Waals surface area (Å²) in [4.78, 5) is 18.3. The fourth-order valence-corrected chi connectivity index (χ4v) is 5.10. The van der Waals surface area contributed by atoms with Crippen LogP contribution in [0.5, 0.6) is 0 Å². The molecule has 2 unspecified atom stereocenters. The lowest BCUT2D eigenvalue weighted by molar-refractivity contribution is -0.269. The first-order valence-electron chi connectivity index (χ1n) is 6.78. The maximum atomic E-state index is 12.3. The van der Waals surface area contributed by atoms with Crippen LogP contribution in [0.25, 0.3) is 0 Å². The molecule has 2 saturated heterocycles. The van der Waals surface area contributed by atoms with E-state index < -0.39 is 13.6 Å². The highest BCUT2D eigenvalue weighted by Gasteiger charge is 2.68. The number of ether oxygens (including phenoxy) is 1. The summed E-state index contributed by atoms with van der Waals surface area (Å²) < 4.78 is 5.26. The van der Waals surface area contributed by atoms with Crippen molar-refractivity contribution in [3.8, 4) is 0 Å². The van der Waals surface area contributed by atoms with E-state index in [1.165, 1.54) is 0 Å². The van der Waals surface area contributed by atoms with Crippen molar-refractivity contribution in [1.82, 2.24) is 5.06 Å². The highest BCUT2D eigenvalue weighted by atomic mass is 28.3. The molecule has 0 saturated carbocycles. The molecule has 0 radical (unpaired) electrons. The smallest absolute Gasteiger partial charge is 0.329 e. The largest absolute Gasteiger partial charge is 0.465 e. The molecule has 2 rings (SSSR count). The number of hydrogen-bond acceptors (Lipinski definition) is 4. The molecule has 104 valence electrons. The first-order chi connectivity index (χ1) is 8.12. The van der Waals surface area contributed by atoms with Gasteiger partial charge >= 0.3 is 5.97 Å². The SMILES string of the molecule is CCOC(=O)C12CC([Si](C)(C)C)N1OC(C)(C)C2. The van der Waals surface area contributed by atoms with Crippen LogP contribution in [0.3, 0.4) is 0 Å². The molecule has 0 aliphatic carbocycles. The minimum Gasteiger partial charge on any atom is -0.465 e. The lowest BCUT2D eigenvalue weighted by atomic mass is 9.80. The number of carbonyl (C=O) groups is 1. The molecular formula is C13H25NO3Si. The molecule has 2 aliphatic heterocycles. The van der Waals surface area contributed by atoms with E-state index in [9.17, 15) is 4.79 Å². The Labute approximate surface area is 111 Å². The van der Waals surface area contributed by atoms with Crippen molar-refractivity contribution < 1.29 is 14.4 Å². The highest BCUT2D eigenvalue weighted by molar-refractivity contribution is 6.77. The molecule has 5 heteroatoms. The summed E-state index contributed by atoms with van der Waals surface area (Å²) in [6.07, 6.45) is 1.63. The van der Waals surface area contributed by atoms with Gasteiger partial charge in [0.05, 0.1) is 20.3 Å². The third-order valence-corrected chi connectivity index (χ3v) is 6.39. The molecule has 0 aromatic rings. The summed E-state index contributed by atoms with van der Waals surface area (Å²) in [5.74, 6) is -0.106. The molecule has 2 aliphatic rings. The zero-order valence-electron chi connectivity index (χ0n) is 12.4. The normalized spacial score (nSPS) is 34.9. The Hall–Kier alpha value is -0.393. The quantitative estimate of drug-likeness (QED) is 0.583. The van der Waals surface area contributed by atoms with Crippen LogP contribution in [-0.2, 0) is 14.4 Å². The molecule has 0 amide bonds. The van der Waals surface area contributed by atoms with Crippen LogP contribution < -0.4 is 0 Å². The first-order valence-corrected chi connectivity index (χ1v) is 10.4. The predicted molar refractivity (Wildman–Crippen MR) is 72.7 cm³/mol. The molecule has 0 bridgehead atoms. The average molecular weight is 271 g/mol. The van der Waals surface area contributed by atoms with Gasteiger partial charge in [-0.25, -0.2) is 4.79 Å². The van der Waals surface area contributed by atoms with Crippen molar-refractivity contribution in [3.05, 3.63) is 0 Å². The molecule has 2 atom stereocenters. The van der Waals surface area contributed by atoms with Crippen molar-refractivity contribution in [2.45, 2.75) is 70.1 Å². The van der Waals surface area contributed by atoms with E-state index in [1.54, 1.807) is 0 Å². The average Bonchev–Trinajstić information content (AvgIpc) is 2.37. The van der Waals surface area contributed by atoms with E-state index in [0.717, 1.165) is 12.8 Å². The van der Waals surface area contributed by atoms with E-state index in [-0.39, 0.29) is 11.6 Å². The second-order valence-corrected chi connectivity index (χ2v) is 12.6. The lowest BCUT2D eigenvalue weighted by Crippen LogP contribution is -2.72. The Kier molecular flexibility index (Phi) is 3.15. The van der Waals surface area contributed by atoms with Crippen LogP contribution in [0.1, 0.15) is 33.6 Å². The Morgan fingerprint density at radius 3 is 2.56 bits per heavy atom. The topological polar surface area (TPSA) is 38.8 Å². The standard InChI is InChI=1S/C13H25NO3Si/c1-7-16-11(15)13-8-10(18(4,5)6)14(13)17-12(2,3)9-13/h10H,7-9H2,1-6H3. The molecule has 0 aromatic carbocycles. The van der Waals surface area contributed by atoms with Crippen molar-refractivity contribution in [1.29, 1.82) is 0 Å². The minimum atomic E-state index is -1.34. The number of hydrogen-bond donors (Lipinski definition) is 0. The van der Waals surface area contributed by atoms with Crippen molar-refractivity contribution in [3.63, 3.8) is 0 Å². The summed E-state index contributed by atoms with van der Waals surface area (Å²) in [5, 5.41) is 1.97. The lowest BCUT2D eigenvalue weighted by Gasteiger charge is -2.54. The van der Waals surface area contributed by atoms with Gasteiger partial charge < -0.3 is 4.74 Å². The maximum Gasteiger partial charge on any atom is 0.329 e. The number of rotatable bonds is 3. The fourth-order valence-electron chi connectivity index (χ4n) is 3.15. The van der Waals surface area contributed by atoms with Gasteiger partial charge in [0.1, 0.15) is 5.54 Å². The fraction of sp³-hybridized carbons (Fsp3) is 0.923. The molecule has 2 heterocycles. The number of nitrogens with zero attached hydrogens (tertiary/aromatic N) is 1. The van der Waals surface area contributed by atoms with Gasteiger partial charge in [0.15, 0.2) is 0 Å². The monoisotopic (exact) mass is 271 g/mol. The summed E-state index contributed by atoms with van der Waals surface area (Å²) >= 11 is 0. The van der Waals surface area contributed by atoms with Gasteiger partial charge in [0.2, 0.25) is 0 Å². The van der Waals surface area contributed by atoms with E-state index >= 15 is 0 Å². The molecule has 4 nitrogen and oxygen atoms in total. The molecule has 0 aromatic heterocycles. The van der Waals surface area contributed by atoms with E-state index in [0.29, 0.717) is 12.3 Å². The Morgan fingerprint density at radius 1 is 1.44 bits per heavy atom. The maximum absolute atomic E-state index is 12.3. The Balaban J connectivity index is 2.23. The van der Waals surface area contributed by atoms with E-state index in [4.69, 9.17) is 9.57 Å². The predicted octanol–water partition coefficient (Wildman–Crippen LogP) is 2.35.